The van der Waals surface area contributed by atoms with Crippen LogP contribution in [0.5, 0.6) is 0 Å². The van der Waals surface area contributed by atoms with Crippen LogP contribution in [0.3, 0.4) is 0 Å². The van der Waals surface area contributed by atoms with Gasteiger partial charge in [-0.3, -0.25) is 4.79 Å². The summed E-state index contributed by atoms with van der Waals surface area (Å²) >= 11 is 1.53. The van der Waals surface area contributed by atoms with Crippen LogP contribution in [0, 0.1) is 12.8 Å². The van der Waals surface area contributed by atoms with Crippen molar-refractivity contribution in [3.63, 3.8) is 0 Å². The van der Waals surface area contributed by atoms with Gasteiger partial charge in [-0.2, -0.15) is 0 Å². The summed E-state index contributed by atoms with van der Waals surface area (Å²) in [5.41, 5.74) is 1.05. The van der Waals surface area contributed by atoms with Crippen LogP contribution in [0.2, 0.25) is 0 Å². The largest absolute Gasteiger partial charge is 0.356 e. The van der Waals surface area contributed by atoms with Crippen molar-refractivity contribution in [1.82, 2.24) is 14.9 Å². The minimum absolute atomic E-state index is 0.153. The van der Waals surface area contributed by atoms with E-state index in [4.69, 9.17) is 0 Å². The van der Waals surface area contributed by atoms with Crippen molar-refractivity contribution in [3.8, 4) is 0 Å². The number of fused-ring (bicyclic) bond motifs is 1. The zero-order valence-corrected chi connectivity index (χ0v) is 17.5. The molecule has 27 heavy (non-hydrogen) atoms. The molecule has 0 spiro atoms. The summed E-state index contributed by atoms with van der Waals surface area (Å²) in [6, 6.07) is 0.380. The third-order valence-corrected chi connectivity index (χ3v) is 7.61. The molecular weight excluding hydrogens is 356 g/mol. The lowest BCUT2D eigenvalue weighted by molar-refractivity contribution is 0.0700. The Morgan fingerprint density at radius 3 is 2.56 bits per heavy atom. The number of hydrogen-bond donors (Lipinski definition) is 0. The Bertz CT molecular complexity index is 819. The monoisotopic (exact) mass is 386 g/mol. The highest BCUT2D eigenvalue weighted by atomic mass is 32.1. The molecule has 2 fully saturated rings. The number of aryl methyl sites for hydroxylation is 1. The van der Waals surface area contributed by atoms with Gasteiger partial charge in [-0.25, -0.2) is 9.97 Å². The number of amides is 1. The minimum atomic E-state index is 0.153. The van der Waals surface area contributed by atoms with Gasteiger partial charge in [0.2, 0.25) is 0 Å². The number of aromatic nitrogens is 2. The van der Waals surface area contributed by atoms with Gasteiger partial charge >= 0.3 is 0 Å². The molecule has 1 aliphatic carbocycles. The highest BCUT2D eigenvalue weighted by Gasteiger charge is 2.28. The van der Waals surface area contributed by atoms with E-state index in [9.17, 15) is 4.79 Å². The number of nitrogens with zero attached hydrogens (tertiary/aromatic N) is 4. The number of carbonyl (C=O) groups excluding carboxylic acids is 1. The van der Waals surface area contributed by atoms with Gasteiger partial charge in [-0.05, 0) is 44.1 Å². The van der Waals surface area contributed by atoms with Crippen molar-refractivity contribution in [1.29, 1.82) is 0 Å². The third kappa shape index (κ3) is 3.56. The zero-order valence-electron chi connectivity index (χ0n) is 16.7. The average molecular weight is 387 g/mol. The SMILES string of the molecule is Cc1c(C(=O)N(C)C2CCCCC2)sc2ncnc(N3CCC(C)CC3)c12. The quantitative estimate of drug-likeness (QED) is 0.771. The van der Waals surface area contributed by atoms with Gasteiger partial charge in [0.1, 0.15) is 17.0 Å². The molecule has 0 N–H and O–H groups in total. The molecule has 1 amide bonds. The zero-order chi connectivity index (χ0) is 19.0. The normalized spacial score (nSPS) is 19.6. The Balaban J connectivity index is 1.65. The maximum absolute atomic E-state index is 13.2. The first-order valence-electron chi connectivity index (χ1n) is 10.3. The first-order valence-corrected chi connectivity index (χ1v) is 11.1. The number of thiophene rings is 1. The molecule has 3 heterocycles. The maximum Gasteiger partial charge on any atom is 0.264 e. The second kappa shape index (κ2) is 7.74. The van der Waals surface area contributed by atoms with Gasteiger partial charge in [0.25, 0.3) is 5.91 Å². The van der Waals surface area contributed by atoms with Crippen LogP contribution in [-0.2, 0) is 0 Å². The van der Waals surface area contributed by atoms with Crippen LogP contribution in [0.15, 0.2) is 6.33 Å². The van der Waals surface area contributed by atoms with Gasteiger partial charge < -0.3 is 9.80 Å². The highest BCUT2D eigenvalue weighted by molar-refractivity contribution is 7.20. The lowest BCUT2D eigenvalue weighted by Crippen LogP contribution is -2.38. The Morgan fingerprint density at radius 2 is 1.85 bits per heavy atom. The van der Waals surface area contributed by atoms with E-state index in [2.05, 4.69) is 28.7 Å². The van der Waals surface area contributed by atoms with Crippen molar-refractivity contribution in [2.45, 2.75) is 64.8 Å². The first-order chi connectivity index (χ1) is 13.1. The van der Waals surface area contributed by atoms with Crippen molar-refractivity contribution < 1.29 is 4.79 Å². The summed E-state index contributed by atoms with van der Waals surface area (Å²) in [5.74, 6) is 1.95. The van der Waals surface area contributed by atoms with Crippen molar-refractivity contribution >= 4 is 33.3 Å². The standard InChI is InChI=1S/C21H30N4OS/c1-14-9-11-25(12-10-14)19-17-15(2)18(27-20(17)23-13-22-19)21(26)24(3)16-7-5-4-6-8-16/h13-14,16H,4-12H2,1-3H3. The molecule has 1 aliphatic heterocycles. The fourth-order valence-electron chi connectivity index (χ4n) is 4.51. The Labute approximate surface area is 165 Å². The van der Waals surface area contributed by atoms with Gasteiger partial charge in [0.15, 0.2) is 0 Å². The molecule has 2 aliphatic rings. The topological polar surface area (TPSA) is 49.3 Å². The Hall–Kier alpha value is -1.69. The average Bonchev–Trinajstić information content (AvgIpc) is 3.05. The van der Waals surface area contributed by atoms with Crippen molar-refractivity contribution in [2.24, 2.45) is 5.92 Å². The van der Waals surface area contributed by atoms with E-state index < -0.39 is 0 Å². The molecule has 0 aromatic carbocycles. The van der Waals surface area contributed by atoms with E-state index in [-0.39, 0.29) is 5.91 Å². The van der Waals surface area contributed by atoms with E-state index in [1.807, 2.05) is 11.9 Å². The third-order valence-electron chi connectivity index (χ3n) is 6.43. The Morgan fingerprint density at radius 1 is 1.15 bits per heavy atom. The lowest BCUT2D eigenvalue weighted by atomic mass is 9.94. The summed E-state index contributed by atoms with van der Waals surface area (Å²) in [6.45, 7) is 6.46. The summed E-state index contributed by atoms with van der Waals surface area (Å²) in [7, 11) is 1.97. The van der Waals surface area contributed by atoms with E-state index in [0.29, 0.717) is 6.04 Å². The van der Waals surface area contributed by atoms with Crippen molar-refractivity contribution in [2.75, 3.05) is 25.0 Å². The predicted molar refractivity (Wildman–Crippen MR) is 112 cm³/mol. The molecule has 0 atom stereocenters. The fraction of sp³-hybridized carbons (Fsp3) is 0.667. The number of carbonyl (C=O) groups is 1. The predicted octanol–water partition coefficient (Wildman–Crippen LogP) is 4.64. The van der Waals surface area contributed by atoms with Crippen LogP contribution in [0.4, 0.5) is 5.82 Å². The molecule has 146 valence electrons. The van der Waals surface area contributed by atoms with E-state index in [0.717, 1.165) is 58.3 Å². The molecule has 0 radical (unpaired) electrons. The lowest BCUT2D eigenvalue weighted by Gasteiger charge is -2.31. The molecule has 0 unspecified atom stereocenters. The smallest absolute Gasteiger partial charge is 0.264 e. The van der Waals surface area contributed by atoms with E-state index >= 15 is 0 Å². The second-order valence-corrected chi connectivity index (χ2v) is 9.31. The van der Waals surface area contributed by atoms with Crippen LogP contribution in [0.1, 0.15) is 67.1 Å². The molecule has 5 nitrogen and oxygen atoms in total. The van der Waals surface area contributed by atoms with Gasteiger partial charge in [-0.15, -0.1) is 11.3 Å². The fourth-order valence-corrected chi connectivity index (χ4v) is 5.64. The van der Waals surface area contributed by atoms with Crippen LogP contribution in [0.25, 0.3) is 10.2 Å². The van der Waals surface area contributed by atoms with Crippen LogP contribution < -0.4 is 4.90 Å². The summed E-state index contributed by atoms with van der Waals surface area (Å²) in [4.78, 5) is 28.5. The van der Waals surface area contributed by atoms with Crippen LogP contribution >= 0.6 is 11.3 Å². The molecule has 2 aromatic rings. The molecule has 4 rings (SSSR count). The molecule has 0 bridgehead atoms. The second-order valence-electron chi connectivity index (χ2n) is 8.31. The van der Waals surface area contributed by atoms with Gasteiger partial charge in [-0.1, -0.05) is 26.2 Å². The first kappa shape index (κ1) is 18.7. The van der Waals surface area contributed by atoms with Gasteiger partial charge in [0.05, 0.1) is 10.3 Å². The molecule has 2 aromatic heterocycles. The number of anilines is 1. The van der Waals surface area contributed by atoms with Crippen molar-refractivity contribution in [3.05, 3.63) is 16.8 Å². The summed E-state index contributed by atoms with van der Waals surface area (Å²) < 4.78 is 0. The van der Waals surface area contributed by atoms with Crippen LogP contribution in [-0.4, -0.2) is 47.0 Å². The maximum atomic E-state index is 13.2. The molecule has 1 saturated heterocycles. The summed E-state index contributed by atoms with van der Waals surface area (Å²) in [5, 5.41) is 1.08. The molecule has 6 heteroatoms. The summed E-state index contributed by atoms with van der Waals surface area (Å²) in [6.07, 6.45) is 10.1. The van der Waals surface area contributed by atoms with E-state index in [1.165, 1.54) is 43.4 Å². The Kier molecular flexibility index (Phi) is 5.35. The van der Waals surface area contributed by atoms with Gasteiger partial charge in [0, 0.05) is 26.2 Å². The molecular formula is C21H30N4OS. The number of hydrogen-bond acceptors (Lipinski definition) is 5. The number of piperidine rings is 1. The van der Waals surface area contributed by atoms with E-state index in [1.54, 1.807) is 6.33 Å². The molecule has 1 saturated carbocycles. The highest BCUT2D eigenvalue weighted by Crippen LogP contribution is 2.37. The number of rotatable bonds is 3. The minimum Gasteiger partial charge on any atom is -0.356 e.